The Balaban J connectivity index is 1.96. The molecule has 0 saturated carbocycles. The van der Waals surface area contributed by atoms with Crippen LogP contribution in [0.15, 0.2) is 0 Å². The van der Waals surface area contributed by atoms with Crippen LogP contribution in [0.4, 0.5) is 4.79 Å². The molecule has 3 atom stereocenters. The van der Waals surface area contributed by atoms with Crippen molar-refractivity contribution in [1.82, 2.24) is 9.80 Å². The highest BCUT2D eigenvalue weighted by atomic mass is 16.6. The van der Waals surface area contributed by atoms with Gasteiger partial charge in [0, 0.05) is 19.6 Å². The first-order valence-corrected chi connectivity index (χ1v) is 7.86. The zero-order valence-electron chi connectivity index (χ0n) is 13.2. The van der Waals surface area contributed by atoms with E-state index >= 15 is 0 Å². The number of rotatable bonds is 2. The molecule has 0 aromatic heterocycles. The summed E-state index contributed by atoms with van der Waals surface area (Å²) >= 11 is 0. The molecule has 0 aliphatic carbocycles. The lowest BCUT2D eigenvalue weighted by Gasteiger charge is -2.40. The molecule has 0 radical (unpaired) electrons. The highest BCUT2D eigenvalue weighted by molar-refractivity contribution is 5.80. The molecule has 21 heavy (non-hydrogen) atoms. The number of nitrogens with zero attached hydrogens (tertiary/aromatic N) is 2. The van der Waals surface area contributed by atoms with Crippen molar-refractivity contribution in [2.24, 2.45) is 5.92 Å². The summed E-state index contributed by atoms with van der Waals surface area (Å²) in [5.41, 5.74) is 0. The Kier molecular flexibility index (Phi) is 5.45. The van der Waals surface area contributed by atoms with Crippen LogP contribution >= 0.6 is 0 Å². The smallest absolute Gasteiger partial charge is 0.409 e. The van der Waals surface area contributed by atoms with E-state index in [1.165, 1.54) is 0 Å². The number of hydrogen-bond donors (Lipinski definition) is 0. The third-order valence-corrected chi connectivity index (χ3v) is 4.19. The minimum atomic E-state index is -0.307. The van der Waals surface area contributed by atoms with Crippen LogP contribution in [0.3, 0.4) is 0 Å². The first-order valence-electron chi connectivity index (χ1n) is 7.86. The SMILES string of the molecule is CCOC(=O)N1CCCC(C(=O)N2CC(C)OCC2C)C1. The van der Waals surface area contributed by atoms with Gasteiger partial charge in [0.1, 0.15) is 0 Å². The van der Waals surface area contributed by atoms with Gasteiger partial charge in [0.05, 0.1) is 31.3 Å². The number of ether oxygens (including phenoxy) is 2. The third kappa shape index (κ3) is 3.87. The summed E-state index contributed by atoms with van der Waals surface area (Å²) in [5.74, 6) is 0.0301. The van der Waals surface area contributed by atoms with E-state index < -0.39 is 0 Å². The molecular formula is C15H26N2O4. The van der Waals surface area contributed by atoms with Crippen LogP contribution in [0.1, 0.15) is 33.6 Å². The average molecular weight is 298 g/mol. The highest BCUT2D eigenvalue weighted by Gasteiger charge is 2.35. The van der Waals surface area contributed by atoms with Gasteiger partial charge in [0.2, 0.25) is 5.91 Å². The van der Waals surface area contributed by atoms with E-state index in [0.29, 0.717) is 32.8 Å². The highest BCUT2D eigenvalue weighted by Crippen LogP contribution is 2.22. The van der Waals surface area contributed by atoms with Crippen LogP contribution in [0.5, 0.6) is 0 Å². The molecular weight excluding hydrogens is 272 g/mol. The van der Waals surface area contributed by atoms with Crippen molar-refractivity contribution in [2.75, 3.05) is 32.8 Å². The van der Waals surface area contributed by atoms with E-state index in [1.807, 2.05) is 18.7 Å². The molecule has 0 N–H and O–H groups in total. The minimum absolute atomic E-state index is 0.0786. The first-order chi connectivity index (χ1) is 10.0. The second kappa shape index (κ2) is 7.11. The maximum absolute atomic E-state index is 12.7. The summed E-state index contributed by atoms with van der Waals surface area (Å²) in [7, 11) is 0. The van der Waals surface area contributed by atoms with E-state index in [2.05, 4.69) is 0 Å². The molecule has 0 aromatic carbocycles. The molecule has 0 aromatic rings. The molecule has 3 unspecified atom stereocenters. The zero-order valence-corrected chi connectivity index (χ0v) is 13.2. The fourth-order valence-corrected chi connectivity index (χ4v) is 3.00. The number of carbonyl (C=O) groups excluding carboxylic acids is 2. The molecule has 0 spiro atoms. The molecule has 2 heterocycles. The quantitative estimate of drug-likeness (QED) is 0.775. The third-order valence-electron chi connectivity index (χ3n) is 4.19. The Morgan fingerprint density at radius 1 is 1.29 bits per heavy atom. The van der Waals surface area contributed by atoms with Crippen molar-refractivity contribution >= 4 is 12.0 Å². The average Bonchev–Trinajstić information content (AvgIpc) is 2.49. The Bertz CT molecular complexity index is 388. The lowest BCUT2D eigenvalue weighted by molar-refractivity contribution is -0.149. The van der Waals surface area contributed by atoms with Crippen LogP contribution in [-0.2, 0) is 14.3 Å². The van der Waals surface area contributed by atoms with E-state index in [0.717, 1.165) is 12.8 Å². The normalized spacial score (nSPS) is 30.1. The van der Waals surface area contributed by atoms with Crippen molar-refractivity contribution in [3.05, 3.63) is 0 Å². The lowest BCUT2D eigenvalue weighted by Crippen LogP contribution is -2.54. The summed E-state index contributed by atoms with van der Waals surface area (Å²) in [4.78, 5) is 28.1. The molecule has 2 aliphatic rings. The maximum Gasteiger partial charge on any atom is 0.409 e. The number of morpholine rings is 1. The predicted molar refractivity (Wildman–Crippen MR) is 77.9 cm³/mol. The molecule has 6 heteroatoms. The summed E-state index contributed by atoms with van der Waals surface area (Å²) in [6, 6.07) is 0.103. The maximum atomic E-state index is 12.7. The van der Waals surface area contributed by atoms with Gasteiger partial charge in [-0.2, -0.15) is 0 Å². The predicted octanol–water partition coefficient (Wildman–Crippen LogP) is 1.49. The summed E-state index contributed by atoms with van der Waals surface area (Å²) < 4.78 is 10.6. The van der Waals surface area contributed by atoms with Crippen molar-refractivity contribution in [3.63, 3.8) is 0 Å². The van der Waals surface area contributed by atoms with Crippen LogP contribution in [0, 0.1) is 5.92 Å². The Morgan fingerprint density at radius 2 is 2.05 bits per heavy atom. The van der Waals surface area contributed by atoms with Crippen molar-refractivity contribution in [3.8, 4) is 0 Å². The number of piperidine rings is 1. The Morgan fingerprint density at radius 3 is 2.76 bits per heavy atom. The molecule has 2 saturated heterocycles. The fourth-order valence-electron chi connectivity index (χ4n) is 3.00. The summed E-state index contributed by atoms with van der Waals surface area (Å²) in [5, 5.41) is 0. The zero-order chi connectivity index (χ0) is 15.4. The largest absolute Gasteiger partial charge is 0.450 e. The van der Waals surface area contributed by atoms with Gasteiger partial charge in [0.15, 0.2) is 0 Å². The standard InChI is InChI=1S/C15H26N2O4/c1-4-20-15(19)16-7-5-6-13(9-16)14(18)17-8-12(3)21-10-11(17)2/h11-13H,4-10H2,1-3H3. The van der Waals surface area contributed by atoms with Gasteiger partial charge in [-0.1, -0.05) is 0 Å². The lowest BCUT2D eigenvalue weighted by atomic mass is 9.95. The van der Waals surface area contributed by atoms with E-state index in [-0.39, 0.29) is 30.1 Å². The van der Waals surface area contributed by atoms with Gasteiger partial charge in [-0.05, 0) is 33.6 Å². The van der Waals surface area contributed by atoms with Gasteiger partial charge < -0.3 is 19.3 Å². The summed E-state index contributed by atoms with van der Waals surface area (Å²) in [6.45, 7) is 8.52. The van der Waals surface area contributed by atoms with Crippen LogP contribution in [0.2, 0.25) is 0 Å². The fraction of sp³-hybridized carbons (Fsp3) is 0.867. The van der Waals surface area contributed by atoms with Crippen molar-refractivity contribution in [2.45, 2.75) is 45.8 Å². The van der Waals surface area contributed by atoms with Gasteiger partial charge in [-0.15, -0.1) is 0 Å². The monoisotopic (exact) mass is 298 g/mol. The molecule has 2 fully saturated rings. The molecule has 6 nitrogen and oxygen atoms in total. The number of likely N-dealkylation sites (tertiary alicyclic amines) is 1. The van der Waals surface area contributed by atoms with Gasteiger partial charge in [-0.3, -0.25) is 4.79 Å². The van der Waals surface area contributed by atoms with Crippen LogP contribution in [0.25, 0.3) is 0 Å². The second-order valence-electron chi connectivity index (χ2n) is 5.97. The van der Waals surface area contributed by atoms with Gasteiger partial charge in [0.25, 0.3) is 0 Å². The summed E-state index contributed by atoms with van der Waals surface area (Å²) in [6.07, 6.45) is 1.46. The first kappa shape index (κ1) is 16.1. The number of hydrogen-bond acceptors (Lipinski definition) is 4. The molecule has 2 rings (SSSR count). The van der Waals surface area contributed by atoms with Gasteiger partial charge >= 0.3 is 6.09 Å². The van der Waals surface area contributed by atoms with Crippen LogP contribution < -0.4 is 0 Å². The number of amides is 2. The van der Waals surface area contributed by atoms with Crippen LogP contribution in [-0.4, -0.2) is 66.8 Å². The molecule has 2 amide bonds. The molecule has 0 bridgehead atoms. The Labute approximate surface area is 126 Å². The second-order valence-corrected chi connectivity index (χ2v) is 5.97. The molecule has 2 aliphatic heterocycles. The minimum Gasteiger partial charge on any atom is -0.450 e. The van der Waals surface area contributed by atoms with Gasteiger partial charge in [-0.25, -0.2) is 4.79 Å². The topological polar surface area (TPSA) is 59.1 Å². The van der Waals surface area contributed by atoms with Crippen molar-refractivity contribution in [1.29, 1.82) is 0 Å². The number of carbonyl (C=O) groups is 2. The van der Waals surface area contributed by atoms with E-state index in [1.54, 1.807) is 11.8 Å². The van der Waals surface area contributed by atoms with E-state index in [9.17, 15) is 9.59 Å². The van der Waals surface area contributed by atoms with E-state index in [4.69, 9.17) is 9.47 Å². The van der Waals surface area contributed by atoms with Crippen molar-refractivity contribution < 1.29 is 19.1 Å². The molecule has 120 valence electrons. The Hall–Kier alpha value is -1.30.